The van der Waals surface area contributed by atoms with E-state index in [9.17, 15) is 22.0 Å². The highest BCUT2D eigenvalue weighted by atomic mass is 35.5. The summed E-state index contributed by atoms with van der Waals surface area (Å²) in [6, 6.07) is 7.71. The quantitative estimate of drug-likeness (QED) is 0.485. The van der Waals surface area contributed by atoms with Crippen LogP contribution in [0.5, 0.6) is 5.75 Å². The molecule has 2 heterocycles. The van der Waals surface area contributed by atoms with Gasteiger partial charge in [0, 0.05) is 49.1 Å². The van der Waals surface area contributed by atoms with Crippen LogP contribution in [0.25, 0.3) is 0 Å². The van der Waals surface area contributed by atoms with E-state index in [0.29, 0.717) is 42.8 Å². The third-order valence-electron chi connectivity index (χ3n) is 7.05. The van der Waals surface area contributed by atoms with Gasteiger partial charge in [0.2, 0.25) is 15.9 Å². The largest absolute Gasteiger partial charge is 0.493 e. The number of benzene rings is 2. The Morgan fingerprint density at radius 3 is 2.50 bits per heavy atom. The molecule has 2 aromatic rings. The zero-order chi connectivity index (χ0) is 25.9. The molecular weight excluding hydrogens is 510 g/mol. The Labute approximate surface area is 216 Å². The number of piperidine rings is 2. The number of rotatable bonds is 7. The highest BCUT2D eigenvalue weighted by Gasteiger charge is 2.43. The second-order valence-electron chi connectivity index (χ2n) is 9.83. The van der Waals surface area contributed by atoms with Crippen molar-refractivity contribution in [2.24, 2.45) is 5.41 Å². The van der Waals surface area contributed by atoms with Crippen LogP contribution in [0.15, 0.2) is 41.3 Å². The average molecular weight is 541 g/mol. The third kappa shape index (κ3) is 6.01. The van der Waals surface area contributed by atoms with Gasteiger partial charge in [-0.3, -0.25) is 4.79 Å². The van der Waals surface area contributed by atoms with Crippen LogP contribution in [-0.4, -0.2) is 56.3 Å². The molecule has 0 radical (unpaired) electrons. The van der Waals surface area contributed by atoms with E-state index in [2.05, 4.69) is 0 Å². The van der Waals surface area contributed by atoms with E-state index in [1.807, 2.05) is 11.8 Å². The number of carbonyl (C=O) groups is 1. The predicted octanol–water partition coefficient (Wildman–Crippen LogP) is 5.18. The standard InChI is InChI=1S/C26H31ClF2N2O4S/c1-19-14-21(7-8-22(19)27)35-18-26(16-25(32)30-11-3-2-4-12-30)10-5-13-31(17-26)36(33,34)24-9-6-20(28)15-23(24)29/h6-9,14-15H,2-5,10-13,16-18H2,1H3. The molecule has 0 bridgehead atoms. The molecule has 1 unspecified atom stereocenters. The minimum absolute atomic E-state index is 0.00168. The molecule has 1 amide bonds. The number of halogens is 3. The SMILES string of the molecule is Cc1cc(OCC2(CC(=O)N3CCCCC3)CCCN(S(=O)(=O)c3ccc(F)cc3F)C2)ccc1Cl. The van der Waals surface area contributed by atoms with Crippen LogP contribution in [0.4, 0.5) is 8.78 Å². The van der Waals surface area contributed by atoms with Gasteiger partial charge in [0.05, 0.1) is 6.61 Å². The van der Waals surface area contributed by atoms with Crippen molar-refractivity contribution in [3.05, 3.63) is 58.6 Å². The monoisotopic (exact) mass is 540 g/mol. The van der Waals surface area contributed by atoms with Crippen LogP contribution in [0, 0.1) is 24.0 Å². The van der Waals surface area contributed by atoms with E-state index in [1.165, 1.54) is 4.31 Å². The van der Waals surface area contributed by atoms with Crippen molar-refractivity contribution in [2.75, 3.05) is 32.8 Å². The van der Waals surface area contributed by atoms with Gasteiger partial charge >= 0.3 is 0 Å². The molecule has 0 aromatic heterocycles. The van der Waals surface area contributed by atoms with Gasteiger partial charge in [-0.05, 0) is 74.9 Å². The third-order valence-corrected chi connectivity index (χ3v) is 9.35. The summed E-state index contributed by atoms with van der Waals surface area (Å²) >= 11 is 6.13. The molecule has 0 spiro atoms. The molecule has 0 N–H and O–H groups in total. The molecule has 2 aliphatic heterocycles. The maximum Gasteiger partial charge on any atom is 0.246 e. The fourth-order valence-electron chi connectivity index (χ4n) is 5.02. The zero-order valence-corrected chi connectivity index (χ0v) is 21.9. The highest BCUT2D eigenvalue weighted by Crippen LogP contribution is 2.38. The fourth-order valence-corrected chi connectivity index (χ4v) is 6.78. The Kier molecular flexibility index (Phi) is 8.22. The number of aryl methyl sites for hydroxylation is 1. The molecule has 6 nitrogen and oxygen atoms in total. The molecule has 196 valence electrons. The molecule has 10 heteroatoms. The molecule has 1 atom stereocenters. The van der Waals surface area contributed by atoms with Gasteiger partial charge in [0.15, 0.2) is 0 Å². The average Bonchev–Trinajstić information content (AvgIpc) is 2.85. The molecule has 2 fully saturated rings. The number of hydrogen-bond donors (Lipinski definition) is 0. The van der Waals surface area contributed by atoms with Crippen LogP contribution >= 0.6 is 11.6 Å². The summed E-state index contributed by atoms with van der Waals surface area (Å²) in [6.07, 6.45) is 4.17. The van der Waals surface area contributed by atoms with E-state index < -0.39 is 32.0 Å². The van der Waals surface area contributed by atoms with Crippen LogP contribution < -0.4 is 4.74 Å². The molecule has 0 aliphatic carbocycles. The van der Waals surface area contributed by atoms with Gasteiger partial charge < -0.3 is 9.64 Å². The molecule has 2 aromatic carbocycles. The predicted molar refractivity (Wildman–Crippen MR) is 134 cm³/mol. The molecule has 36 heavy (non-hydrogen) atoms. The molecule has 2 aliphatic rings. The number of nitrogens with zero attached hydrogens (tertiary/aromatic N) is 2. The van der Waals surface area contributed by atoms with Crippen molar-refractivity contribution in [3.8, 4) is 5.75 Å². The minimum atomic E-state index is -4.24. The number of likely N-dealkylation sites (tertiary alicyclic amines) is 1. The molecule has 2 saturated heterocycles. The van der Waals surface area contributed by atoms with Gasteiger partial charge in [-0.2, -0.15) is 4.31 Å². The summed E-state index contributed by atoms with van der Waals surface area (Å²) in [7, 11) is -4.24. The first-order valence-corrected chi connectivity index (χ1v) is 14.0. The number of amides is 1. The molecular formula is C26H31ClF2N2O4S. The number of ether oxygens (including phenoxy) is 1. The zero-order valence-electron chi connectivity index (χ0n) is 20.3. The summed E-state index contributed by atoms with van der Waals surface area (Å²) < 4.78 is 61.9. The second kappa shape index (κ2) is 11.0. The maximum atomic E-state index is 14.4. The van der Waals surface area contributed by atoms with Gasteiger partial charge in [0.1, 0.15) is 22.3 Å². The van der Waals surface area contributed by atoms with Gasteiger partial charge in [-0.1, -0.05) is 11.6 Å². The lowest BCUT2D eigenvalue weighted by atomic mass is 9.78. The first-order valence-electron chi connectivity index (χ1n) is 12.2. The lowest BCUT2D eigenvalue weighted by molar-refractivity contribution is -0.136. The van der Waals surface area contributed by atoms with Gasteiger partial charge in [-0.25, -0.2) is 17.2 Å². The maximum absolute atomic E-state index is 14.4. The minimum Gasteiger partial charge on any atom is -0.493 e. The van der Waals surface area contributed by atoms with E-state index in [4.69, 9.17) is 16.3 Å². The number of hydrogen-bond acceptors (Lipinski definition) is 4. The Morgan fingerprint density at radius 1 is 1.06 bits per heavy atom. The van der Waals surface area contributed by atoms with Crippen molar-refractivity contribution in [2.45, 2.75) is 50.3 Å². The van der Waals surface area contributed by atoms with Crippen molar-refractivity contribution in [1.29, 1.82) is 0 Å². The Balaban J connectivity index is 1.60. The first kappa shape index (κ1) is 26.8. The normalized spacial score (nSPS) is 21.4. The summed E-state index contributed by atoms with van der Waals surface area (Å²) in [5, 5.41) is 0.605. The summed E-state index contributed by atoms with van der Waals surface area (Å²) in [5.41, 5.74) is 0.0384. The van der Waals surface area contributed by atoms with Crippen LogP contribution in [0.2, 0.25) is 5.02 Å². The topological polar surface area (TPSA) is 66.9 Å². The highest BCUT2D eigenvalue weighted by molar-refractivity contribution is 7.89. The summed E-state index contributed by atoms with van der Waals surface area (Å²) in [4.78, 5) is 14.5. The van der Waals surface area contributed by atoms with Crippen molar-refractivity contribution >= 4 is 27.5 Å². The first-order chi connectivity index (χ1) is 17.1. The van der Waals surface area contributed by atoms with Crippen LogP contribution in [0.1, 0.15) is 44.1 Å². The van der Waals surface area contributed by atoms with Crippen LogP contribution in [0.3, 0.4) is 0 Å². The van der Waals surface area contributed by atoms with Gasteiger partial charge in [-0.15, -0.1) is 0 Å². The lowest BCUT2D eigenvalue weighted by Crippen LogP contribution is -2.51. The van der Waals surface area contributed by atoms with Crippen molar-refractivity contribution in [1.82, 2.24) is 9.21 Å². The van der Waals surface area contributed by atoms with E-state index >= 15 is 0 Å². The van der Waals surface area contributed by atoms with E-state index in [1.54, 1.807) is 18.2 Å². The van der Waals surface area contributed by atoms with Crippen molar-refractivity contribution < 1.29 is 26.7 Å². The van der Waals surface area contributed by atoms with E-state index in [0.717, 1.165) is 37.0 Å². The summed E-state index contributed by atoms with van der Waals surface area (Å²) in [5.74, 6) is -1.44. The van der Waals surface area contributed by atoms with E-state index in [-0.39, 0.29) is 32.0 Å². The molecule has 0 saturated carbocycles. The Morgan fingerprint density at radius 2 is 1.81 bits per heavy atom. The summed E-state index contributed by atoms with van der Waals surface area (Å²) in [6.45, 7) is 3.53. The number of sulfonamides is 1. The number of carbonyl (C=O) groups excluding carboxylic acids is 1. The van der Waals surface area contributed by atoms with Crippen molar-refractivity contribution in [3.63, 3.8) is 0 Å². The Bertz CT molecular complexity index is 1220. The molecule has 4 rings (SSSR count). The smallest absolute Gasteiger partial charge is 0.246 e. The Hall–Kier alpha value is -2.23. The fraction of sp³-hybridized carbons (Fsp3) is 0.500. The van der Waals surface area contributed by atoms with Crippen LogP contribution in [-0.2, 0) is 14.8 Å². The second-order valence-corrected chi connectivity index (χ2v) is 12.1. The van der Waals surface area contributed by atoms with Gasteiger partial charge in [0.25, 0.3) is 0 Å². The lowest BCUT2D eigenvalue weighted by Gasteiger charge is -2.42.